The first-order valence-electron chi connectivity index (χ1n) is 8.52. The van der Waals surface area contributed by atoms with Crippen molar-refractivity contribution < 1.29 is 9.84 Å². The summed E-state index contributed by atoms with van der Waals surface area (Å²) >= 11 is 0. The Balaban J connectivity index is 2.06. The van der Waals surface area contributed by atoms with E-state index in [1.54, 1.807) is 0 Å². The van der Waals surface area contributed by atoms with Gasteiger partial charge >= 0.3 is 0 Å². The molecule has 0 aromatic heterocycles. The number of para-hydroxylation sites is 1. The smallest absolute Gasteiger partial charge is 0.194 e. The van der Waals surface area contributed by atoms with E-state index in [2.05, 4.69) is 37.1 Å². The normalized spacial score (nSPS) is 18.6. The molecule has 1 saturated heterocycles. The van der Waals surface area contributed by atoms with Gasteiger partial charge in [0.15, 0.2) is 5.96 Å². The Labute approximate surface area is 139 Å². The monoisotopic (exact) mass is 319 g/mol. The molecule has 1 aliphatic heterocycles. The highest BCUT2D eigenvalue weighted by Crippen LogP contribution is 2.20. The topological polar surface area (TPSA) is 57.1 Å². The van der Waals surface area contributed by atoms with Gasteiger partial charge in [-0.25, -0.2) is 4.99 Å². The molecule has 1 fully saturated rings. The van der Waals surface area contributed by atoms with Gasteiger partial charge in [-0.15, -0.1) is 0 Å². The molecule has 1 atom stereocenters. The number of nitrogens with one attached hydrogen (secondary N) is 1. The fourth-order valence-electron chi connectivity index (χ4n) is 2.55. The van der Waals surface area contributed by atoms with Gasteiger partial charge in [0, 0.05) is 25.2 Å². The Hall–Kier alpha value is -1.75. The van der Waals surface area contributed by atoms with Crippen LogP contribution in [0, 0.1) is 5.92 Å². The van der Waals surface area contributed by atoms with E-state index in [1.807, 2.05) is 18.2 Å². The maximum atomic E-state index is 9.72. The molecule has 1 aliphatic rings. The van der Waals surface area contributed by atoms with Gasteiger partial charge in [0.05, 0.1) is 19.3 Å². The van der Waals surface area contributed by atoms with Crippen molar-refractivity contribution in [2.24, 2.45) is 10.9 Å². The van der Waals surface area contributed by atoms with Crippen molar-refractivity contribution in [2.45, 2.75) is 39.8 Å². The van der Waals surface area contributed by atoms with E-state index in [4.69, 9.17) is 9.73 Å². The molecular weight excluding hydrogens is 290 g/mol. The highest BCUT2D eigenvalue weighted by molar-refractivity contribution is 5.80. The number of aliphatic imine (C=N–C) groups is 1. The number of aliphatic hydroxyl groups excluding tert-OH is 1. The van der Waals surface area contributed by atoms with Crippen molar-refractivity contribution in [3.8, 4) is 5.75 Å². The number of guanidine groups is 1. The average Bonchev–Trinajstić information content (AvgIpc) is 2.96. The second-order valence-electron chi connectivity index (χ2n) is 6.37. The van der Waals surface area contributed by atoms with Gasteiger partial charge in [-0.1, -0.05) is 32.0 Å². The van der Waals surface area contributed by atoms with Gasteiger partial charge in [0.1, 0.15) is 5.75 Å². The molecule has 0 amide bonds. The van der Waals surface area contributed by atoms with Crippen LogP contribution in [0.2, 0.25) is 0 Å². The zero-order chi connectivity index (χ0) is 16.7. The fraction of sp³-hybridized carbons (Fsp3) is 0.611. The number of β-amino-alcohol motifs (C(OH)–C–C–N with tert-alkyl or cyclic N) is 1. The number of rotatable bonds is 6. The molecule has 2 rings (SSSR count). The van der Waals surface area contributed by atoms with Crippen molar-refractivity contribution in [1.29, 1.82) is 0 Å². The molecule has 5 nitrogen and oxygen atoms in total. The quantitative estimate of drug-likeness (QED) is 0.624. The number of hydrogen-bond donors (Lipinski definition) is 2. The maximum Gasteiger partial charge on any atom is 0.194 e. The minimum Gasteiger partial charge on any atom is -0.493 e. The first-order valence-corrected chi connectivity index (χ1v) is 8.52. The van der Waals surface area contributed by atoms with Gasteiger partial charge in [0.2, 0.25) is 0 Å². The first-order chi connectivity index (χ1) is 11.1. The van der Waals surface area contributed by atoms with Gasteiger partial charge in [-0.05, 0) is 25.3 Å². The third kappa shape index (κ3) is 5.43. The third-order valence-corrected chi connectivity index (χ3v) is 3.74. The lowest BCUT2D eigenvalue weighted by atomic mass is 10.2. The highest BCUT2D eigenvalue weighted by Gasteiger charge is 2.22. The molecule has 2 N–H and O–H groups in total. The summed E-state index contributed by atoms with van der Waals surface area (Å²) in [5, 5.41) is 13.0. The van der Waals surface area contributed by atoms with Crippen molar-refractivity contribution in [3.05, 3.63) is 29.8 Å². The summed E-state index contributed by atoms with van der Waals surface area (Å²) in [6.45, 7) is 9.93. The van der Waals surface area contributed by atoms with E-state index in [9.17, 15) is 5.11 Å². The Bertz CT molecular complexity index is 517. The van der Waals surface area contributed by atoms with Crippen molar-refractivity contribution in [1.82, 2.24) is 10.2 Å². The standard InChI is InChI=1S/C18H29N3O2/c1-4-19-18(21-10-9-16(22)12-21)20-11-15-7-5-6-8-17(15)23-13-14(2)3/h5-8,14,16,22H,4,9-13H2,1-3H3,(H,19,20)/t16-/m1/s1. The molecular formula is C18H29N3O2. The number of hydrogen-bond acceptors (Lipinski definition) is 3. The van der Waals surface area contributed by atoms with E-state index < -0.39 is 0 Å². The van der Waals surface area contributed by atoms with Gasteiger partial charge in [-0.2, -0.15) is 0 Å². The van der Waals surface area contributed by atoms with Crippen molar-refractivity contribution in [3.63, 3.8) is 0 Å². The summed E-state index contributed by atoms with van der Waals surface area (Å²) in [5.74, 6) is 2.26. The van der Waals surface area contributed by atoms with Crippen LogP contribution < -0.4 is 10.1 Å². The predicted molar refractivity (Wildman–Crippen MR) is 93.8 cm³/mol. The number of ether oxygens (including phenoxy) is 1. The molecule has 128 valence electrons. The molecule has 0 aliphatic carbocycles. The maximum absolute atomic E-state index is 9.72. The van der Waals surface area contributed by atoms with E-state index >= 15 is 0 Å². The van der Waals surface area contributed by atoms with Gasteiger partial charge < -0.3 is 20.1 Å². The number of benzene rings is 1. The van der Waals surface area contributed by atoms with Crippen LogP contribution in [0.25, 0.3) is 0 Å². The van der Waals surface area contributed by atoms with E-state index in [0.29, 0.717) is 25.6 Å². The van der Waals surface area contributed by atoms with Crippen LogP contribution >= 0.6 is 0 Å². The number of nitrogens with zero attached hydrogens (tertiary/aromatic N) is 2. The van der Waals surface area contributed by atoms with Crippen LogP contribution in [0.3, 0.4) is 0 Å². The number of likely N-dealkylation sites (tertiary alicyclic amines) is 1. The second kappa shape index (κ2) is 8.77. The van der Waals surface area contributed by atoms with Crippen LogP contribution in [0.15, 0.2) is 29.3 Å². The summed E-state index contributed by atoms with van der Waals surface area (Å²) in [4.78, 5) is 6.85. The molecule has 0 unspecified atom stereocenters. The zero-order valence-electron chi connectivity index (χ0n) is 14.5. The zero-order valence-corrected chi connectivity index (χ0v) is 14.5. The van der Waals surface area contributed by atoms with Gasteiger partial charge in [0.25, 0.3) is 0 Å². The minimum atomic E-state index is -0.250. The molecule has 1 aromatic carbocycles. The lowest BCUT2D eigenvalue weighted by Gasteiger charge is -2.21. The SMILES string of the molecule is CCNC(=NCc1ccccc1OCC(C)C)N1CC[C@@H](O)C1. The number of aliphatic hydroxyl groups is 1. The largest absolute Gasteiger partial charge is 0.493 e. The van der Waals surface area contributed by atoms with Crippen molar-refractivity contribution >= 4 is 5.96 Å². The molecule has 0 saturated carbocycles. The van der Waals surface area contributed by atoms with Crippen LogP contribution in [0.5, 0.6) is 5.75 Å². The third-order valence-electron chi connectivity index (χ3n) is 3.74. The van der Waals surface area contributed by atoms with E-state index in [1.165, 1.54) is 0 Å². The van der Waals surface area contributed by atoms with Crippen LogP contribution in [0.1, 0.15) is 32.8 Å². The van der Waals surface area contributed by atoms with Crippen LogP contribution in [-0.2, 0) is 6.54 Å². The molecule has 0 bridgehead atoms. The summed E-state index contributed by atoms with van der Waals surface area (Å²) < 4.78 is 5.89. The first kappa shape index (κ1) is 17.6. The van der Waals surface area contributed by atoms with Crippen molar-refractivity contribution in [2.75, 3.05) is 26.2 Å². The highest BCUT2D eigenvalue weighted by atomic mass is 16.5. The Kier molecular flexibility index (Phi) is 6.71. The molecule has 0 radical (unpaired) electrons. The van der Waals surface area contributed by atoms with Crippen LogP contribution in [0.4, 0.5) is 0 Å². The summed E-state index contributed by atoms with van der Waals surface area (Å²) in [6.07, 6.45) is 0.555. The molecule has 5 heteroatoms. The molecule has 1 aromatic rings. The van der Waals surface area contributed by atoms with Crippen LogP contribution in [-0.4, -0.2) is 48.3 Å². The Morgan fingerprint density at radius 3 is 2.87 bits per heavy atom. The predicted octanol–water partition coefficient (Wildman–Crippen LogP) is 2.25. The fourth-order valence-corrected chi connectivity index (χ4v) is 2.55. The van der Waals surface area contributed by atoms with E-state index in [0.717, 1.165) is 36.8 Å². The summed E-state index contributed by atoms with van der Waals surface area (Å²) in [6, 6.07) is 8.06. The van der Waals surface area contributed by atoms with Gasteiger partial charge in [-0.3, -0.25) is 0 Å². The lowest BCUT2D eigenvalue weighted by molar-refractivity contribution is 0.188. The average molecular weight is 319 g/mol. The summed E-state index contributed by atoms with van der Waals surface area (Å²) in [5.41, 5.74) is 1.09. The molecule has 23 heavy (non-hydrogen) atoms. The minimum absolute atomic E-state index is 0.250. The summed E-state index contributed by atoms with van der Waals surface area (Å²) in [7, 11) is 0. The Morgan fingerprint density at radius 2 is 2.22 bits per heavy atom. The lowest BCUT2D eigenvalue weighted by Crippen LogP contribution is -2.40. The van der Waals surface area contributed by atoms with E-state index in [-0.39, 0.29) is 6.10 Å². The molecule has 1 heterocycles. The molecule has 0 spiro atoms. The second-order valence-corrected chi connectivity index (χ2v) is 6.37. The Morgan fingerprint density at radius 1 is 1.43 bits per heavy atom.